The van der Waals surface area contributed by atoms with E-state index in [4.69, 9.17) is 0 Å². The monoisotopic (exact) mass is 395 g/mol. The second-order valence-electron chi connectivity index (χ2n) is 7.86. The van der Waals surface area contributed by atoms with Crippen LogP contribution in [0.15, 0.2) is 30.3 Å². The molecule has 3 rings (SSSR count). The lowest BCUT2D eigenvalue weighted by atomic mass is 9.98. The van der Waals surface area contributed by atoms with Gasteiger partial charge in [-0.3, -0.25) is 4.79 Å². The van der Waals surface area contributed by atoms with Crippen molar-refractivity contribution in [1.29, 1.82) is 0 Å². The molecule has 1 aliphatic heterocycles. The van der Waals surface area contributed by atoms with Gasteiger partial charge in [0.15, 0.2) is 0 Å². The summed E-state index contributed by atoms with van der Waals surface area (Å²) in [5.41, 5.74) is 2.97. The Balaban J connectivity index is 1.42. The van der Waals surface area contributed by atoms with Crippen molar-refractivity contribution in [3.8, 4) is 0 Å². The smallest absolute Gasteiger partial charge is 0.251 e. The highest BCUT2D eigenvalue weighted by atomic mass is 16.1. The highest BCUT2D eigenvalue weighted by Crippen LogP contribution is 2.15. The fourth-order valence-corrected chi connectivity index (χ4v) is 3.65. The van der Waals surface area contributed by atoms with Gasteiger partial charge in [-0.2, -0.15) is 0 Å². The van der Waals surface area contributed by atoms with Crippen LogP contribution < -0.4 is 16.0 Å². The van der Waals surface area contributed by atoms with Crippen molar-refractivity contribution in [2.45, 2.75) is 46.0 Å². The van der Waals surface area contributed by atoms with Gasteiger partial charge in [0.2, 0.25) is 0 Å². The SMILES string of the molecule is CCCCc1nc(C)cc(NCCNC(=O)c2ccc(CC3CCNC3)cc2)n1. The average Bonchev–Trinajstić information content (AvgIpc) is 3.23. The van der Waals surface area contributed by atoms with Crippen molar-refractivity contribution in [1.82, 2.24) is 20.6 Å². The summed E-state index contributed by atoms with van der Waals surface area (Å²) in [6, 6.07) is 9.94. The Kier molecular flexibility index (Phi) is 7.99. The first-order chi connectivity index (χ1) is 14.1. The predicted molar refractivity (Wildman–Crippen MR) is 117 cm³/mol. The Morgan fingerprint density at radius 2 is 2.03 bits per heavy atom. The van der Waals surface area contributed by atoms with Gasteiger partial charge in [-0.05, 0) is 62.9 Å². The van der Waals surface area contributed by atoms with Crippen LogP contribution in [0.1, 0.15) is 53.6 Å². The van der Waals surface area contributed by atoms with Gasteiger partial charge in [0.05, 0.1) is 0 Å². The van der Waals surface area contributed by atoms with Gasteiger partial charge in [0, 0.05) is 36.8 Å². The summed E-state index contributed by atoms with van der Waals surface area (Å²) in [5, 5.41) is 9.66. The number of amides is 1. The maximum Gasteiger partial charge on any atom is 0.251 e. The first-order valence-electron chi connectivity index (χ1n) is 10.8. The molecule has 1 saturated heterocycles. The van der Waals surface area contributed by atoms with E-state index >= 15 is 0 Å². The van der Waals surface area contributed by atoms with Crippen molar-refractivity contribution < 1.29 is 4.79 Å². The summed E-state index contributed by atoms with van der Waals surface area (Å²) >= 11 is 0. The van der Waals surface area contributed by atoms with Gasteiger partial charge < -0.3 is 16.0 Å². The lowest BCUT2D eigenvalue weighted by molar-refractivity contribution is 0.0955. The number of unbranched alkanes of at least 4 members (excludes halogenated alkanes) is 1. The average molecular weight is 396 g/mol. The number of carbonyl (C=O) groups excluding carboxylic acids is 1. The topological polar surface area (TPSA) is 78.9 Å². The lowest BCUT2D eigenvalue weighted by Gasteiger charge is -2.11. The second kappa shape index (κ2) is 10.9. The molecule has 1 aliphatic rings. The molecule has 0 spiro atoms. The zero-order valence-electron chi connectivity index (χ0n) is 17.6. The number of aromatic nitrogens is 2. The van der Waals surface area contributed by atoms with E-state index in [0.717, 1.165) is 56.1 Å². The van der Waals surface area contributed by atoms with Crippen molar-refractivity contribution in [2.24, 2.45) is 5.92 Å². The van der Waals surface area contributed by atoms with Gasteiger partial charge >= 0.3 is 0 Å². The minimum absolute atomic E-state index is 0.0385. The van der Waals surface area contributed by atoms with Crippen LogP contribution in [0.4, 0.5) is 5.82 Å². The molecule has 6 nitrogen and oxygen atoms in total. The molecule has 1 aromatic carbocycles. The molecule has 0 aliphatic carbocycles. The van der Waals surface area contributed by atoms with E-state index in [-0.39, 0.29) is 5.91 Å². The van der Waals surface area contributed by atoms with Crippen LogP contribution in [-0.4, -0.2) is 42.1 Å². The molecular formula is C23H33N5O. The second-order valence-corrected chi connectivity index (χ2v) is 7.86. The van der Waals surface area contributed by atoms with Crippen LogP contribution in [0.3, 0.4) is 0 Å². The molecule has 1 atom stereocenters. The molecule has 0 radical (unpaired) electrons. The molecule has 29 heavy (non-hydrogen) atoms. The molecule has 1 amide bonds. The Hall–Kier alpha value is -2.47. The number of nitrogens with one attached hydrogen (secondary N) is 3. The lowest BCUT2D eigenvalue weighted by Crippen LogP contribution is -2.29. The molecule has 2 aromatic rings. The van der Waals surface area contributed by atoms with E-state index in [1.54, 1.807) is 0 Å². The van der Waals surface area contributed by atoms with Crippen LogP contribution in [0, 0.1) is 12.8 Å². The maximum atomic E-state index is 12.4. The number of hydrogen-bond donors (Lipinski definition) is 3. The summed E-state index contributed by atoms with van der Waals surface area (Å²) in [4.78, 5) is 21.4. The number of carbonyl (C=O) groups is 1. The van der Waals surface area contributed by atoms with E-state index in [0.29, 0.717) is 24.6 Å². The van der Waals surface area contributed by atoms with E-state index in [1.165, 1.54) is 12.0 Å². The summed E-state index contributed by atoms with van der Waals surface area (Å²) in [7, 11) is 0. The van der Waals surface area contributed by atoms with E-state index in [1.807, 2.05) is 25.1 Å². The van der Waals surface area contributed by atoms with Crippen molar-refractivity contribution in [3.63, 3.8) is 0 Å². The summed E-state index contributed by atoms with van der Waals surface area (Å²) in [5.74, 6) is 2.38. The number of aryl methyl sites for hydroxylation is 2. The van der Waals surface area contributed by atoms with Crippen LogP contribution in [0.25, 0.3) is 0 Å². The normalized spacial score (nSPS) is 16.0. The van der Waals surface area contributed by atoms with E-state index < -0.39 is 0 Å². The highest BCUT2D eigenvalue weighted by molar-refractivity contribution is 5.94. The van der Waals surface area contributed by atoms with Crippen molar-refractivity contribution in [3.05, 3.63) is 53.0 Å². The molecule has 0 bridgehead atoms. The molecule has 2 heterocycles. The standard InChI is InChI=1S/C23H33N5O/c1-3-4-5-21-27-17(2)14-22(28-21)25-12-13-26-23(29)20-8-6-18(7-9-20)15-19-10-11-24-16-19/h6-9,14,19,24H,3-5,10-13,15-16H2,1-2H3,(H,26,29)(H,25,27,28). The van der Waals surface area contributed by atoms with Gasteiger partial charge in [0.1, 0.15) is 11.6 Å². The van der Waals surface area contributed by atoms with E-state index in [9.17, 15) is 4.79 Å². The third-order valence-corrected chi connectivity index (χ3v) is 5.27. The predicted octanol–water partition coefficient (Wildman–Crippen LogP) is 3.12. The zero-order chi connectivity index (χ0) is 20.5. The van der Waals surface area contributed by atoms with Gasteiger partial charge in [-0.15, -0.1) is 0 Å². The number of anilines is 1. The third kappa shape index (κ3) is 6.82. The molecule has 6 heteroatoms. The van der Waals surface area contributed by atoms with Crippen molar-refractivity contribution >= 4 is 11.7 Å². The van der Waals surface area contributed by atoms with Gasteiger partial charge in [-0.1, -0.05) is 25.5 Å². The highest BCUT2D eigenvalue weighted by Gasteiger charge is 2.15. The number of hydrogen-bond acceptors (Lipinski definition) is 5. The number of rotatable bonds is 10. The Morgan fingerprint density at radius 1 is 1.21 bits per heavy atom. The largest absolute Gasteiger partial charge is 0.368 e. The van der Waals surface area contributed by atoms with Crippen LogP contribution >= 0.6 is 0 Å². The molecule has 1 aromatic heterocycles. The van der Waals surface area contributed by atoms with Crippen LogP contribution in [-0.2, 0) is 12.8 Å². The fraction of sp³-hybridized carbons (Fsp3) is 0.522. The minimum atomic E-state index is -0.0385. The molecule has 3 N–H and O–H groups in total. The van der Waals surface area contributed by atoms with Crippen LogP contribution in [0.2, 0.25) is 0 Å². The summed E-state index contributed by atoms with van der Waals surface area (Å²) < 4.78 is 0. The zero-order valence-corrected chi connectivity index (χ0v) is 17.6. The Morgan fingerprint density at radius 3 is 2.76 bits per heavy atom. The maximum absolute atomic E-state index is 12.4. The van der Waals surface area contributed by atoms with Gasteiger partial charge in [0.25, 0.3) is 5.91 Å². The third-order valence-electron chi connectivity index (χ3n) is 5.27. The quantitative estimate of drug-likeness (QED) is 0.539. The minimum Gasteiger partial charge on any atom is -0.368 e. The summed E-state index contributed by atoms with van der Waals surface area (Å²) in [6.45, 7) is 7.54. The Labute approximate surface area is 173 Å². The molecular weight excluding hydrogens is 362 g/mol. The van der Waals surface area contributed by atoms with Crippen molar-refractivity contribution in [2.75, 3.05) is 31.5 Å². The molecule has 0 saturated carbocycles. The van der Waals surface area contributed by atoms with Gasteiger partial charge in [-0.25, -0.2) is 9.97 Å². The van der Waals surface area contributed by atoms with E-state index in [2.05, 4.69) is 45.0 Å². The first-order valence-corrected chi connectivity index (χ1v) is 10.8. The first kappa shape index (κ1) is 21.2. The number of nitrogens with zero attached hydrogens (tertiary/aromatic N) is 2. The van der Waals surface area contributed by atoms with Crippen LogP contribution in [0.5, 0.6) is 0 Å². The Bertz CT molecular complexity index is 784. The molecule has 1 unspecified atom stereocenters. The molecule has 156 valence electrons. The summed E-state index contributed by atoms with van der Waals surface area (Å²) in [6.07, 6.45) is 5.44. The number of benzene rings is 1. The molecule has 1 fully saturated rings. The fourth-order valence-electron chi connectivity index (χ4n) is 3.65.